The summed E-state index contributed by atoms with van der Waals surface area (Å²) in [5.41, 5.74) is 0.943. The monoisotopic (exact) mass is 218 g/mol. The van der Waals surface area contributed by atoms with E-state index in [1.54, 1.807) is 19.1 Å². The zero-order valence-corrected chi connectivity index (χ0v) is 9.13. The Kier molecular flexibility index (Phi) is 4.99. The highest BCUT2D eigenvalue weighted by atomic mass is 16.5. The minimum atomic E-state index is -0.819. The maximum atomic E-state index is 11.3. The van der Waals surface area contributed by atoms with Crippen LogP contribution >= 0.6 is 0 Å². The van der Waals surface area contributed by atoms with Crippen LogP contribution in [0.4, 0.5) is 0 Å². The van der Waals surface area contributed by atoms with Gasteiger partial charge in [-0.2, -0.15) is 0 Å². The molecular weight excluding hydrogens is 204 g/mol. The molecule has 0 heterocycles. The molecule has 1 atom stereocenters. The molecule has 0 aliphatic rings. The van der Waals surface area contributed by atoms with Gasteiger partial charge in [0.2, 0.25) is 0 Å². The Morgan fingerprint density at radius 2 is 2.06 bits per heavy atom. The standard InChI is InChI=1S/C13H14O3/c1-2-16-13(15)12(10-14)9-8-11-6-4-3-5-7-11/h3-10,12H,2H2,1H3/b9-8+. The molecule has 1 rings (SSSR count). The molecule has 0 saturated heterocycles. The molecule has 0 spiro atoms. The van der Waals surface area contributed by atoms with Crippen LogP contribution in [0, 0.1) is 5.92 Å². The van der Waals surface area contributed by atoms with Gasteiger partial charge in [0, 0.05) is 0 Å². The van der Waals surface area contributed by atoms with Crippen LogP contribution < -0.4 is 0 Å². The molecule has 16 heavy (non-hydrogen) atoms. The average Bonchev–Trinajstić information content (AvgIpc) is 2.31. The van der Waals surface area contributed by atoms with Gasteiger partial charge in [-0.15, -0.1) is 0 Å². The van der Waals surface area contributed by atoms with E-state index in [1.165, 1.54) is 0 Å². The van der Waals surface area contributed by atoms with Crippen LogP contribution in [0.3, 0.4) is 0 Å². The highest BCUT2D eigenvalue weighted by Crippen LogP contribution is 2.05. The van der Waals surface area contributed by atoms with Crippen molar-refractivity contribution in [2.24, 2.45) is 5.92 Å². The predicted octanol–water partition coefficient (Wildman–Crippen LogP) is 2.08. The van der Waals surface area contributed by atoms with Crippen molar-refractivity contribution in [3.05, 3.63) is 42.0 Å². The molecule has 3 heteroatoms. The minimum Gasteiger partial charge on any atom is -0.465 e. The molecule has 0 amide bonds. The lowest BCUT2D eigenvalue weighted by Gasteiger charge is -2.03. The number of benzene rings is 1. The first-order valence-electron chi connectivity index (χ1n) is 5.13. The van der Waals surface area contributed by atoms with Crippen molar-refractivity contribution in [1.82, 2.24) is 0 Å². The van der Waals surface area contributed by atoms with Crippen molar-refractivity contribution >= 4 is 18.3 Å². The maximum absolute atomic E-state index is 11.3. The number of carbonyl (C=O) groups excluding carboxylic acids is 2. The van der Waals surface area contributed by atoms with Crippen LogP contribution in [-0.2, 0) is 14.3 Å². The summed E-state index contributed by atoms with van der Waals surface area (Å²) in [5.74, 6) is -1.33. The third-order valence-electron chi connectivity index (χ3n) is 2.00. The van der Waals surface area contributed by atoms with Crippen LogP contribution in [0.15, 0.2) is 36.4 Å². The minimum absolute atomic E-state index is 0.280. The van der Waals surface area contributed by atoms with Gasteiger partial charge in [0.25, 0.3) is 0 Å². The number of hydrogen-bond donors (Lipinski definition) is 0. The van der Waals surface area contributed by atoms with Crippen molar-refractivity contribution < 1.29 is 14.3 Å². The van der Waals surface area contributed by atoms with Gasteiger partial charge in [0.05, 0.1) is 6.61 Å². The first-order chi connectivity index (χ1) is 7.77. The molecule has 1 unspecified atom stereocenters. The van der Waals surface area contributed by atoms with E-state index < -0.39 is 11.9 Å². The van der Waals surface area contributed by atoms with E-state index in [4.69, 9.17) is 4.74 Å². The van der Waals surface area contributed by atoms with E-state index in [9.17, 15) is 9.59 Å². The first kappa shape index (κ1) is 12.2. The molecule has 0 N–H and O–H groups in total. The Bertz CT molecular complexity index is 368. The zero-order valence-electron chi connectivity index (χ0n) is 9.13. The van der Waals surface area contributed by atoms with Gasteiger partial charge in [0.15, 0.2) is 0 Å². The number of aldehydes is 1. The zero-order chi connectivity index (χ0) is 11.8. The third-order valence-corrected chi connectivity index (χ3v) is 2.00. The lowest BCUT2D eigenvalue weighted by molar-refractivity contribution is -0.147. The highest BCUT2D eigenvalue weighted by molar-refractivity contribution is 5.90. The molecule has 0 fully saturated rings. The van der Waals surface area contributed by atoms with Gasteiger partial charge in [-0.3, -0.25) is 4.79 Å². The Labute approximate surface area is 94.7 Å². The van der Waals surface area contributed by atoms with E-state index in [2.05, 4.69) is 0 Å². The van der Waals surface area contributed by atoms with Crippen molar-refractivity contribution in [3.8, 4) is 0 Å². The van der Waals surface area contributed by atoms with E-state index in [1.807, 2.05) is 30.3 Å². The lowest BCUT2D eigenvalue weighted by atomic mass is 10.1. The number of carbonyl (C=O) groups is 2. The topological polar surface area (TPSA) is 43.4 Å². The Morgan fingerprint density at radius 3 is 2.62 bits per heavy atom. The quantitative estimate of drug-likeness (QED) is 0.431. The fourth-order valence-corrected chi connectivity index (χ4v) is 1.20. The Morgan fingerprint density at radius 1 is 1.38 bits per heavy atom. The number of esters is 1. The van der Waals surface area contributed by atoms with Crippen LogP contribution in [0.25, 0.3) is 6.08 Å². The Balaban J connectivity index is 2.67. The van der Waals surface area contributed by atoms with Gasteiger partial charge < -0.3 is 9.53 Å². The summed E-state index contributed by atoms with van der Waals surface area (Å²) in [7, 11) is 0. The van der Waals surface area contributed by atoms with E-state index in [0.29, 0.717) is 6.29 Å². The second-order valence-electron chi connectivity index (χ2n) is 3.18. The summed E-state index contributed by atoms with van der Waals surface area (Å²) in [4.78, 5) is 22.0. The molecule has 0 aliphatic carbocycles. The van der Waals surface area contributed by atoms with E-state index >= 15 is 0 Å². The smallest absolute Gasteiger partial charge is 0.320 e. The number of ether oxygens (including phenoxy) is 1. The molecular formula is C13H14O3. The fraction of sp³-hybridized carbons (Fsp3) is 0.231. The van der Waals surface area contributed by atoms with Crippen molar-refractivity contribution in [1.29, 1.82) is 0 Å². The SMILES string of the molecule is CCOC(=O)C(C=O)/C=C/c1ccccc1. The van der Waals surface area contributed by atoms with Crippen molar-refractivity contribution in [2.45, 2.75) is 6.92 Å². The molecule has 1 aromatic rings. The van der Waals surface area contributed by atoms with Gasteiger partial charge >= 0.3 is 5.97 Å². The molecule has 3 nitrogen and oxygen atoms in total. The summed E-state index contributed by atoms with van der Waals surface area (Å²) in [5, 5.41) is 0. The average molecular weight is 218 g/mol. The summed E-state index contributed by atoms with van der Waals surface area (Å²) in [6, 6.07) is 9.47. The van der Waals surface area contributed by atoms with Gasteiger partial charge in [-0.25, -0.2) is 0 Å². The van der Waals surface area contributed by atoms with Crippen LogP contribution in [0.2, 0.25) is 0 Å². The second-order valence-corrected chi connectivity index (χ2v) is 3.18. The summed E-state index contributed by atoms with van der Waals surface area (Å²) in [6.07, 6.45) is 3.85. The normalized spacial score (nSPS) is 12.3. The van der Waals surface area contributed by atoms with Crippen LogP contribution in [0.1, 0.15) is 12.5 Å². The summed E-state index contributed by atoms with van der Waals surface area (Å²) in [6.45, 7) is 1.99. The van der Waals surface area contributed by atoms with Crippen molar-refractivity contribution in [2.75, 3.05) is 6.61 Å². The number of hydrogen-bond acceptors (Lipinski definition) is 3. The van der Waals surface area contributed by atoms with Crippen LogP contribution in [-0.4, -0.2) is 18.9 Å². The summed E-state index contributed by atoms with van der Waals surface area (Å²) >= 11 is 0. The molecule has 0 bridgehead atoms. The lowest BCUT2D eigenvalue weighted by Crippen LogP contribution is -2.16. The highest BCUT2D eigenvalue weighted by Gasteiger charge is 2.14. The number of rotatable bonds is 5. The van der Waals surface area contributed by atoms with Crippen molar-refractivity contribution in [3.63, 3.8) is 0 Å². The van der Waals surface area contributed by atoms with E-state index in [0.717, 1.165) is 5.56 Å². The van der Waals surface area contributed by atoms with Crippen LogP contribution in [0.5, 0.6) is 0 Å². The molecule has 1 aromatic carbocycles. The maximum Gasteiger partial charge on any atom is 0.320 e. The molecule has 0 aliphatic heterocycles. The Hall–Kier alpha value is -1.90. The van der Waals surface area contributed by atoms with Gasteiger partial charge in [-0.1, -0.05) is 42.5 Å². The third kappa shape index (κ3) is 3.69. The van der Waals surface area contributed by atoms with E-state index in [-0.39, 0.29) is 6.61 Å². The largest absolute Gasteiger partial charge is 0.465 e. The fourth-order valence-electron chi connectivity index (χ4n) is 1.20. The predicted molar refractivity (Wildman–Crippen MR) is 61.7 cm³/mol. The molecule has 84 valence electrons. The summed E-state index contributed by atoms with van der Waals surface area (Å²) < 4.78 is 4.76. The second kappa shape index (κ2) is 6.56. The molecule has 0 radical (unpaired) electrons. The van der Waals surface area contributed by atoms with Gasteiger partial charge in [-0.05, 0) is 12.5 Å². The molecule has 0 saturated carbocycles. The molecule has 0 aromatic heterocycles. The first-order valence-corrected chi connectivity index (χ1v) is 5.13. The van der Waals surface area contributed by atoms with Gasteiger partial charge in [0.1, 0.15) is 12.2 Å².